The summed E-state index contributed by atoms with van der Waals surface area (Å²) in [6.45, 7) is 2.01. The van der Waals surface area contributed by atoms with E-state index in [2.05, 4.69) is 9.97 Å². The zero-order valence-electron chi connectivity index (χ0n) is 13.2. The first-order valence-corrected chi connectivity index (χ1v) is 9.36. The highest BCUT2D eigenvalue weighted by Gasteiger charge is 2.16. The smallest absolute Gasteiger partial charge is 0.260 e. The highest BCUT2D eigenvalue weighted by molar-refractivity contribution is 7.99. The number of fused-ring (bicyclic) bond motifs is 1. The number of aryl methyl sites for hydroxylation is 1. The molecule has 3 N–H and O–H groups in total. The fraction of sp³-hybridized carbons (Fsp3) is 0.235. The summed E-state index contributed by atoms with van der Waals surface area (Å²) in [5.74, 6) is 0.377. The van der Waals surface area contributed by atoms with Crippen molar-refractivity contribution in [3.05, 3.63) is 45.6 Å². The first-order chi connectivity index (χ1) is 11.6. The third kappa shape index (κ3) is 3.52. The fourth-order valence-electron chi connectivity index (χ4n) is 2.54. The summed E-state index contributed by atoms with van der Waals surface area (Å²) in [6, 6.07) is 9.88. The molecule has 24 heavy (non-hydrogen) atoms. The lowest BCUT2D eigenvalue weighted by Crippen LogP contribution is -2.11. The van der Waals surface area contributed by atoms with E-state index in [0.717, 1.165) is 20.8 Å². The molecule has 1 aromatic carbocycles. The molecule has 2 aromatic heterocycles. The van der Waals surface area contributed by atoms with E-state index >= 15 is 0 Å². The lowest BCUT2D eigenvalue weighted by atomic mass is 10.0. The molecule has 0 saturated carbocycles. The molecule has 1 amide bonds. The Morgan fingerprint density at radius 2 is 2.08 bits per heavy atom. The largest absolute Gasteiger partial charge is 0.370 e. The van der Waals surface area contributed by atoms with Gasteiger partial charge in [0, 0.05) is 22.6 Å². The number of thiophene rings is 1. The maximum Gasteiger partial charge on any atom is 0.260 e. The summed E-state index contributed by atoms with van der Waals surface area (Å²) in [5.41, 5.74) is 6.98. The van der Waals surface area contributed by atoms with E-state index in [1.807, 2.05) is 37.3 Å². The van der Waals surface area contributed by atoms with Crippen LogP contribution in [-0.2, 0) is 4.79 Å². The average molecular weight is 359 g/mol. The molecule has 0 spiro atoms. The molecule has 0 aliphatic carbocycles. The monoisotopic (exact) mass is 359 g/mol. The van der Waals surface area contributed by atoms with Crippen LogP contribution in [0.3, 0.4) is 0 Å². The quantitative estimate of drug-likeness (QED) is 0.401. The Labute approximate surface area is 147 Å². The number of carbonyl (C=O) groups excluding carboxylic acids is 1. The first-order valence-electron chi connectivity index (χ1n) is 7.56. The van der Waals surface area contributed by atoms with Crippen LogP contribution in [0.2, 0.25) is 0 Å². The molecule has 5 nitrogen and oxygen atoms in total. The SMILES string of the molecule is Cc1sc2nc(SCCCC(N)=O)[nH]c(=O)c2c1-c1ccccc1. The number of primary amides is 1. The number of H-pyrrole nitrogens is 1. The zero-order chi connectivity index (χ0) is 17.1. The molecule has 0 radical (unpaired) electrons. The molecule has 0 atom stereocenters. The Balaban J connectivity index is 1.93. The summed E-state index contributed by atoms with van der Waals surface area (Å²) in [5, 5.41) is 1.23. The van der Waals surface area contributed by atoms with E-state index in [4.69, 9.17) is 5.73 Å². The third-order valence-corrected chi connectivity index (χ3v) is 5.54. The van der Waals surface area contributed by atoms with Crippen LogP contribution >= 0.6 is 23.1 Å². The van der Waals surface area contributed by atoms with Crippen molar-refractivity contribution in [2.75, 3.05) is 5.75 Å². The van der Waals surface area contributed by atoms with Crippen molar-refractivity contribution in [1.29, 1.82) is 0 Å². The van der Waals surface area contributed by atoms with E-state index in [1.54, 1.807) is 0 Å². The van der Waals surface area contributed by atoms with Gasteiger partial charge in [-0.2, -0.15) is 0 Å². The number of benzene rings is 1. The van der Waals surface area contributed by atoms with Crippen molar-refractivity contribution >= 4 is 39.2 Å². The Morgan fingerprint density at radius 1 is 1.33 bits per heavy atom. The van der Waals surface area contributed by atoms with Crippen LogP contribution in [0.5, 0.6) is 0 Å². The minimum absolute atomic E-state index is 0.124. The average Bonchev–Trinajstić information content (AvgIpc) is 2.89. The number of hydrogen-bond acceptors (Lipinski definition) is 5. The molecule has 0 saturated heterocycles. The number of aromatic nitrogens is 2. The maximum atomic E-state index is 12.6. The number of rotatable bonds is 6. The van der Waals surface area contributed by atoms with E-state index in [0.29, 0.717) is 29.1 Å². The molecule has 0 aliphatic rings. The summed E-state index contributed by atoms with van der Waals surface area (Å²) in [6.07, 6.45) is 1.01. The standard InChI is InChI=1S/C17H17N3O2S2/c1-10-13(11-6-3-2-4-7-11)14-15(22)19-17(20-16(14)24-10)23-9-5-8-12(18)21/h2-4,6-7H,5,8-9H2,1H3,(H2,18,21)(H,19,20,22). The number of hydrogen-bond donors (Lipinski definition) is 2. The molecular weight excluding hydrogens is 342 g/mol. The number of thioether (sulfide) groups is 1. The minimum atomic E-state index is -0.311. The van der Waals surface area contributed by atoms with Gasteiger partial charge in [0.05, 0.1) is 5.39 Å². The first kappa shape index (κ1) is 16.7. The number of amides is 1. The van der Waals surface area contributed by atoms with Crippen LogP contribution in [-0.4, -0.2) is 21.6 Å². The number of nitrogens with one attached hydrogen (secondary N) is 1. The van der Waals surface area contributed by atoms with Gasteiger partial charge >= 0.3 is 0 Å². The van der Waals surface area contributed by atoms with Gasteiger partial charge in [-0.1, -0.05) is 42.1 Å². The van der Waals surface area contributed by atoms with Gasteiger partial charge in [-0.3, -0.25) is 9.59 Å². The number of carbonyl (C=O) groups is 1. The van der Waals surface area contributed by atoms with Gasteiger partial charge in [0.15, 0.2) is 5.16 Å². The van der Waals surface area contributed by atoms with E-state index < -0.39 is 0 Å². The lowest BCUT2D eigenvalue weighted by Gasteiger charge is -2.02. The van der Waals surface area contributed by atoms with Gasteiger partial charge in [-0.25, -0.2) is 4.98 Å². The second-order valence-electron chi connectivity index (χ2n) is 5.37. The van der Waals surface area contributed by atoms with Crippen LogP contribution in [0.1, 0.15) is 17.7 Å². The number of nitrogens with two attached hydrogens (primary N) is 1. The molecule has 3 rings (SSSR count). The molecule has 0 aliphatic heterocycles. The Bertz CT molecular complexity index is 932. The predicted octanol–water partition coefficient (Wildman–Crippen LogP) is 3.32. The van der Waals surface area contributed by atoms with E-state index in [1.165, 1.54) is 23.1 Å². The van der Waals surface area contributed by atoms with Gasteiger partial charge in [-0.15, -0.1) is 11.3 Å². The topological polar surface area (TPSA) is 88.8 Å². The van der Waals surface area contributed by atoms with Gasteiger partial charge in [-0.05, 0) is 18.9 Å². The Kier molecular flexibility index (Phi) is 5.01. The molecule has 0 bridgehead atoms. The lowest BCUT2D eigenvalue weighted by molar-refractivity contribution is -0.118. The third-order valence-electron chi connectivity index (χ3n) is 3.59. The number of nitrogens with zero attached hydrogens (tertiary/aromatic N) is 1. The van der Waals surface area contributed by atoms with Crippen molar-refractivity contribution in [3.8, 4) is 11.1 Å². The summed E-state index contributed by atoms with van der Waals surface area (Å²) in [4.78, 5) is 32.6. The predicted molar refractivity (Wildman–Crippen MR) is 99.6 cm³/mol. The second-order valence-corrected chi connectivity index (χ2v) is 7.66. The van der Waals surface area contributed by atoms with Gasteiger partial charge in [0.2, 0.25) is 5.91 Å². The van der Waals surface area contributed by atoms with Gasteiger partial charge < -0.3 is 10.7 Å². The second kappa shape index (κ2) is 7.19. The molecule has 2 heterocycles. The Hall–Kier alpha value is -2.12. The summed E-state index contributed by atoms with van der Waals surface area (Å²) in [7, 11) is 0. The van der Waals surface area contributed by atoms with E-state index in [9.17, 15) is 9.59 Å². The zero-order valence-corrected chi connectivity index (χ0v) is 14.8. The van der Waals surface area contributed by atoms with Gasteiger partial charge in [0.25, 0.3) is 5.56 Å². The summed E-state index contributed by atoms with van der Waals surface area (Å²) >= 11 is 2.96. The molecule has 0 fully saturated rings. The molecule has 0 unspecified atom stereocenters. The van der Waals surface area contributed by atoms with Crippen LogP contribution in [0.15, 0.2) is 40.3 Å². The van der Waals surface area contributed by atoms with Crippen molar-refractivity contribution in [1.82, 2.24) is 9.97 Å². The molecule has 124 valence electrons. The highest BCUT2D eigenvalue weighted by Crippen LogP contribution is 2.35. The highest BCUT2D eigenvalue weighted by atomic mass is 32.2. The van der Waals surface area contributed by atoms with Crippen molar-refractivity contribution in [2.24, 2.45) is 5.73 Å². The number of aromatic amines is 1. The molecular formula is C17H17N3O2S2. The maximum absolute atomic E-state index is 12.6. The van der Waals surface area contributed by atoms with E-state index in [-0.39, 0.29) is 11.5 Å². The summed E-state index contributed by atoms with van der Waals surface area (Å²) < 4.78 is 0. The van der Waals surface area contributed by atoms with Crippen LogP contribution in [0.4, 0.5) is 0 Å². The fourth-order valence-corrected chi connectivity index (χ4v) is 4.44. The van der Waals surface area contributed by atoms with Crippen molar-refractivity contribution < 1.29 is 4.79 Å². The Morgan fingerprint density at radius 3 is 2.79 bits per heavy atom. The molecule has 7 heteroatoms. The van der Waals surface area contributed by atoms with Crippen LogP contribution < -0.4 is 11.3 Å². The van der Waals surface area contributed by atoms with Crippen molar-refractivity contribution in [2.45, 2.75) is 24.9 Å². The van der Waals surface area contributed by atoms with Crippen LogP contribution in [0.25, 0.3) is 21.3 Å². The van der Waals surface area contributed by atoms with Gasteiger partial charge in [0.1, 0.15) is 4.83 Å². The normalized spacial score (nSPS) is 11.0. The minimum Gasteiger partial charge on any atom is -0.370 e. The van der Waals surface area contributed by atoms with Crippen molar-refractivity contribution in [3.63, 3.8) is 0 Å². The van der Waals surface area contributed by atoms with Crippen LogP contribution in [0, 0.1) is 6.92 Å². The molecule has 3 aromatic rings.